The van der Waals surface area contributed by atoms with E-state index < -0.39 is 0 Å². The van der Waals surface area contributed by atoms with Crippen LogP contribution in [0.3, 0.4) is 0 Å². The van der Waals surface area contributed by atoms with E-state index in [9.17, 15) is 0 Å². The lowest BCUT2D eigenvalue weighted by Crippen LogP contribution is -1.90. The van der Waals surface area contributed by atoms with Gasteiger partial charge in [-0.1, -0.05) is 0 Å². The number of furan rings is 1. The maximum atomic E-state index is 5.41. The fourth-order valence-corrected chi connectivity index (χ4v) is 1.89. The molecule has 5 nitrogen and oxygen atoms in total. The van der Waals surface area contributed by atoms with Gasteiger partial charge in [-0.2, -0.15) is 0 Å². The molecule has 0 aliphatic heterocycles. The lowest BCUT2D eigenvalue weighted by molar-refractivity contribution is 0.416. The van der Waals surface area contributed by atoms with Gasteiger partial charge in [-0.25, -0.2) is 9.50 Å². The Kier molecular flexibility index (Phi) is 2.36. The van der Waals surface area contributed by atoms with Crippen molar-refractivity contribution in [1.29, 1.82) is 0 Å². The highest BCUT2D eigenvalue weighted by Crippen LogP contribution is 2.25. The first kappa shape index (κ1) is 10.3. The molecule has 0 bridgehead atoms. The van der Waals surface area contributed by atoms with Crippen molar-refractivity contribution in [2.75, 3.05) is 7.11 Å². The predicted octanol–water partition coefficient (Wildman–Crippen LogP) is 2.76. The molecular formula is C11H8BrN3O2. The number of pyridine rings is 1. The average molecular weight is 294 g/mol. The van der Waals surface area contributed by atoms with Crippen molar-refractivity contribution < 1.29 is 9.15 Å². The van der Waals surface area contributed by atoms with Gasteiger partial charge in [0.25, 0.3) is 0 Å². The van der Waals surface area contributed by atoms with E-state index >= 15 is 0 Å². The number of rotatable bonds is 2. The molecule has 6 heteroatoms. The summed E-state index contributed by atoms with van der Waals surface area (Å²) in [4.78, 5) is 4.38. The molecule has 0 fully saturated rings. The molecule has 0 aliphatic rings. The normalized spacial score (nSPS) is 10.9. The number of hydrogen-bond acceptors (Lipinski definition) is 4. The summed E-state index contributed by atoms with van der Waals surface area (Å²) in [5.41, 5.74) is 0.664. The summed E-state index contributed by atoms with van der Waals surface area (Å²) in [6, 6.07) is 7.30. The minimum atomic E-state index is 0.528. The molecule has 0 spiro atoms. The number of fused-ring (bicyclic) bond motifs is 1. The van der Waals surface area contributed by atoms with Crippen molar-refractivity contribution >= 4 is 21.6 Å². The Morgan fingerprint density at radius 2 is 2.24 bits per heavy atom. The van der Waals surface area contributed by atoms with Gasteiger partial charge in [-0.3, -0.25) is 0 Å². The third-order valence-electron chi connectivity index (χ3n) is 2.34. The lowest BCUT2D eigenvalue weighted by Gasteiger charge is -1.98. The van der Waals surface area contributed by atoms with E-state index in [-0.39, 0.29) is 0 Å². The van der Waals surface area contributed by atoms with Crippen LogP contribution >= 0.6 is 15.9 Å². The first-order valence-electron chi connectivity index (χ1n) is 4.93. The van der Waals surface area contributed by atoms with Gasteiger partial charge < -0.3 is 9.15 Å². The summed E-state index contributed by atoms with van der Waals surface area (Å²) in [5, 5.41) is 4.32. The van der Waals surface area contributed by atoms with E-state index in [1.807, 2.05) is 24.4 Å². The third-order valence-corrected chi connectivity index (χ3v) is 2.77. The highest BCUT2D eigenvalue weighted by Gasteiger charge is 2.12. The van der Waals surface area contributed by atoms with Gasteiger partial charge in [-0.15, -0.1) is 5.10 Å². The number of methoxy groups -OCH3 is 1. The number of halogens is 1. The van der Waals surface area contributed by atoms with Crippen molar-refractivity contribution in [3.05, 3.63) is 35.1 Å². The lowest BCUT2D eigenvalue weighted by atomic mass is 10.4. The Labute approximate surface area is 105 Å². The van der Waals surface area contributed by atoms with Crippen molar-refractivity contribution in [1.82, 2.24) is 14.6 Å². The number of aromatic nitrogens is 3. The first-order chi connectivity index (χ1) is 8.28. The predicted molar refractivity (Wildman–Crippen MR) is 64.9 cm³/mol. The Morgan fingerprint density at radius 3 is 2.94 bits per heavy atom. The molecule has 0 radical (unpaired) electrons. The maximum Gasteiger partial charge on any atom is 0.218 e. The van der Waals surface area contributed by atoms with Crippen molar-refractivity contribution in [2.24, 2.45) is 0 Å². The van der Waals surface area contributed by atoms with Gasteiger partial charge in [-0.05, 0) is 40.2 Å². The molecule has 0 amide bonds. The van der Waals surface area contributed by atoms with Crippen LogP contribution in [0.4, 0.5) is 0 Å². The topological polar surface area (TPSA) is 52.6 Å². The molecule has 3 aromatic rings. The van der Waals surface area contributed by atoms with E-state index in [1.54, 1.807) is 17.7 Å². The van der Waals surface area contributed by atoms with Crippen LogP contribution in [-0.2, 0) is 0 Å². The number of hydrogen-bond donors (Lipinski definition) is 0. The standard InChI is InChI=1S/C11H8BrN3O2/c1-16-8-3-2-6-15-11(8)13-10(14-15)7-4-5-9(12)17-7/h2-6H,1H3. The zero-order valence-electron chi connectivity index (χ0n) is 8.92. The first-order valence-corrected chi connectivity index (χ1v) is 5.72. The average Bonchev–Trinajstić information content (AvgIpc) is 2.93. The summed E-state index contributed by atoms with van der Waals surface area (Å²) < 4.78 is 12.9. The molecule has 0 N–H and O–H groups in total. The Morgan fingerprint density at radius 1 is 1.35 bits per heavy atom. The molecular weight excluding hydrogens is 286 g/mol. The van der Waals surface area contributed by atoms with Crippen LogP contribution in [0.5, 0.6) is 5.75 Å². The van der Waals surface area contributed by atoms with Crippen molar-refractivity contribution in [3.63, 3.8) is 0 Å². The number of ether oxygens (including phenoxy) is 1. The minimum Gasteiger partial charge on any atom is -0.493 e. The zero-order chi connectivity index (χ0) is 11.8. The smallest absolute Gasteiger partial charge is 0.218 e. The van der Waals surface area contributed by atoms with Crippen LogP contribution in [0.25, 0.3) is 17.2 Å². The molecule has 3 rings (SSSR count). The van der Waals surface area contributed by atoms with Gasteiger partial charge in [0.05, 0.1) is 7.11 Å². The molecule has 0 unspecified atom stereocenters. The van der Waals surface area contributed by atoms with Gasteiger partial charge in [0.1, 0.15) is 0 Å². The Hall–Kier alpha value is -1.82. The largest absolute Gasteiger partial charge is 0.493 e. The minimum absolute atomic E-state index is 0.528. The van der Waals surface area contributed by atoms with Gasteiger partial charge in [0.2, 0.25) is 5.82 Å². The molecule has 86 valence electrons. The highest BCUT2D eigenvalue weighted by atomic mass is 79.9. The van der Waals surface area contributed by atoms with Crippen LogP contribution in [-0.4, -0.2) is 21.7 Å². The SMILES string of the molecule is COc1cccn2nc(-c3ccc(Br)o3)nc12. The zero-order valence-corrected chi connectivity index (χ0v) is 10.5. The summed E-state index contributed by atoms with van der Waals surface area (Å²) in [5.74, 6) is 1.82. The van der Waals surface area contributed by atoms with Gasteiger partial charge in [0, 0.05) is 6.20 Å². The summed E-state index contributed by atoms with van der Waals surface area (Å²) in [6.07, 6.45) is 1.81. The van der Waals surface area contributed by atoms with E-state index in [0.717, 1.165) is 0 Å². The second-order valence-corrected chi connectivity index (χ2v) is 4.17. The van der Waals surface area contributed by atoms with Crippen LogP contribution in [0.15, 0.2) is 39.5 Å². The second kappa shape index (κ2) is 3.89. The van der Waals surface area contributed by atoms with Gasteiger partial charge >= 0.3 is 0 Å². The second-order valence-electron chi connectivity index (χ2n) is 3.38. The third kappa shape index (κ3) is 1.70. The Balaban J connectivity index is 2.19. The maximum absolute atomic E-state index is 5.41. The molecule has 0 atom stereocenters. The molecule has 0 aliphatic carbocycles. The molecule has 3 heterocycles. The summed E-state index contributed by atoms with van der Waals surface area (Å²) in [6.45, 7) is 0. The highest BCUT2D eigenvalue weighted by molar-refractivity contribution is 9.10. The van der Waals surface area contributed by atoms with Crippen LogP contribution in [0.1, 0.15) is 0 Å². The molecule has 0 aromatic carbocycles. The quantitative estimate of drug-likeness (QED) is 0.729. The van der Waals surface area contributed by atoms with Crippen LogP contribution in [0, 0.1) is 0 Å². The van der Waals surface area contributed by atoms with E-state index in [0.29, 0.717) is 27.7 Å². The van der Waals surface area contributed by atoms with E-state index in [4.69, 9.17) is 9.15 Å². The van der Waals surface area contributed by atoms with Crippen LogP contribution in [0.2, 0.25) is 0 Å². The monoisotopic (exact) mass is 293 g/mol. The fraction of sp³-hybridized carbons (Fsp3) is 0.0909. The molecule has 0 saturated heterocycles. The fourth-order valence-electron chi connectivity index (χ4n) is 1.58. The summed E-state index contributed by atoms with van der Waals surface area (Å²) in [7, 11) is 1.60. The van der Waals surface area contributed by atoms with Crippen molar-refractivity contribution in [2.45, 2.75) is 0 Å². The molecule has 17 heavy (non-hydrogen) atoms. The molecule has 3 aromatic heterocycles. The Bertz CT molecular complexity index is 674. The molecule has 0 saturated carbocycles. The summed E-state index contributed by atoms with van der Waals surface area (Å²) >= 11 is 3.25. The van der Waals surface area contributed by atoms with Crippen LogP contribution < -0.4 is 4.74 Å². The van der Waals surface area contributed by atoms with Gasteiger partial charge in [0.15, 0.2) is 21.8 Å². The van der Waals surface area contributed by atoms with Crippen molar-refractivity contribution in [3.8, 4) is 17.3 Å². The van der Waals surface area contributed by atoms with E-state index in [1.165, 1.54) is 0 Å². The number of nitrogens with zero attached hydrogens (tertiary/aromatic N) is 3. The van der Waals surface area contributed by atoms with E-state index in [2.05, 4.69) is 26.0 Å².